The number of unbranched alkanes of at least 4 members (excludes halogenated alkanes) is 8. The lowest BCUT2D eigenvalue weighted by atomic mass is 10.1. The van der Waals surface area contributed by atoms with E-state index in [1.807, 2.05) is 11.8 Å². The molecule has 6 nitrogen and oxygen atoms in total. The smallest absolute Gasteiger partial charge is 0.371 e. The summed E-state index contributed by atoms with van der Waals surface area (Å²) in [6.07, 6.45) is 14.7. The van der Waals surface area contributed by atoms with Crippen molar-refractivity contribution in [2.24, 2.45) is 5.14 Å². The first-order valence-electron chi connectivity index (χ1n) is 10.5. The SMILES string of the molecule is CSCCCCCCCCCCCC(=O)NCCc1ccc(OS(N)(=O)=O)cc1. The first-order chi connectivity index (χ1) is 13.9. The largest absolute Gasteiger partial charge is 0.380 e. The molecule has 0 saturated carbocycles. The maximum Gasteiger partial charge on any atom is 0.380 e. The van der Waals surface area contributed by atoms with Gasteiger partial charge in [-0.1, -0.05) is 57.1 Å². The molecular formula is C21H36N2O4S2. The highest BCUT2D eigenvalue weighted by Crippen LogP contribution is 2.14. The Balaban J connectivity index is 1.99. The summed E-state index contributed by atoms with van der Waals surface area (Å²) in [5, 5.41) is 7.75. The van der Waals surface area contributed by atoms with Crippen molar-refractivity contribution >= 4 is 28.0 Å². The van der Waals surface area contributed by atoms with Crippen LogP contribution < -0.4 is 14.6 Å². The van der Waals surface area contributed by atoms with Crippen molar-refractivity contribution in [1.82, 2.24) is 5.32 Å². The van der Waals surface area contributed by atoms with Crippen LogP contribution in [0.2, 0.25) is 0 Å². The maximum atomic E-state index is 11.9. The molecule has 1 aromatic rings. The second-order valence-corrected chi connectivity index (χ2v) is 9.38. The van der Waals surface area contributed by atoms with E-state index in [2.05, 4.69) is 15.8 Å². The highest BCUT2D eigenvalue weighted by atomic mass is 32.2. The van der Waals surface area contributed by atoms with Crippen LogP contribution >= 0.6 is 11.8 Å². The van der Waals surface area contributed by atoms with Crippen LogP contribution in [0.4, 0.5) is 0 Å². The summed E-state index contributed by atoms with van der Waals surface area (Å²) in [6, 6.07) is 6.61. The molecule has 29 heavy (non-hydrogen) atoms. The van der Waals surface area contributed by atoms with E-state index < -0.39 is 10.3 Å². The molecule has 166 valence electrons. The van der Waals surface area contributed by atoms with Crippen LogP contribution in [0.3, 0.4) is 0 Å². The zero-order chi connectivity index (χ0) is 21.4. The number of thioether (sulfide) groups is 1. The van der Waals surface area contributed by atoms with Gasteiger partial charge in [-0.05, 0) is 49.0 Å². The van der Waals surface area contributed by atoms with Crippen molar-refractivity contribution in [3.63, 3.8) is 0 Å². The van der Waals surface area contributed by atoms with Gasteiger partial charge in [-0.15, -0.1) is 0 Å². The van der Waals surface area contributed by atoms with E-state index in [1.54, 1.807) is 24.3 Å². The van der Waals surface area contributed by atoms with Crippen molar-refractivity contribution < 1.29 is 17.4 Å². The van der Waals surface area contributed by atoms with Gasteiger partial charge in [-0.25, -0.2) is 0 Å². The highest BCUT2D eigenvalue weighted by Gasteiger charge is 2.05. The van der Waals surface area contributed by atoms with Gasteiger partial charge >= 0.3 is 10.3 Å². The zero-order valence-corrected chi connectivity index (χ0v) is 19.2. The topological polar surface area (TPSA) is 98.5 Å². The van der Waals surface area contributed by atoms with Crippen molar-refractivity contribution in [2.75, 3.05) is 18.6 Å². The molecule has 1 aromatic carbocycles. The molecule has 1 rings (SSSR count). The fraction of sp³-hybridized carbons (Fsp3) is 0.667. The number of carbonyl (C=O) groups is 1. The third-order valence-electron chi connectivity index (χ3n) is 4.62. The van der Waals surface area contributed by atoms with Crippen LogP contribution in [0.5, 0.6) is 5.75 Å². The van der Waals surface area contributed by atoms with Gasteiger partial charge in [0.25, 0.3) is 0 Å². The number of hydrogen-bond donors (Lipinski definition) is 2. The summed E-state index contributed by atoms with van der Waals surface area (Å²) in [4.78, 5) is 11.9. The molecule has 8 heteroatoms. The summed E-state index contributed by atoms with van der Waals surface area (Å²) >= 11 is 1.93. The molecule has 0 bridgehead atoms. The summed E-state index contributed by atoms with van der Waals surface area (Å²) in [5.41, 5.74) is 0.987. The van der Waals surface area contributed by atoms with Gasteiger partial charge in [0.1, 0.15) is 5.75 Å². The number of nitrogens with two attached hydrogens (primary N) is 1. The van der Waals surface area contributed by atoms with Crippen molar-refractivity contribution in [1.29, 1.82) is 0 Å². The molecule has 0 fully saturated rings. The van der Waals surface area contributed by atoms with Gasteiger partial charge in [0.2, 0.25) is 5.91 Å². The lowest BCUT2D eigenvalue weighted by Crippen LogP contribution is -2.25. The van der Waals surface area contributed by atoms with Crippen molar-refractivity contribution in [2.45, 2.75) is 70.6 Å². The van der Waals surface area contributed by atoms with Gasteiger partial charge in [0.15, 0.2) is 0 Å². The van der Waals surface area contributed by atoms with Gasteiger partial charge in [-0.3, -0.25) is 4.79 Å². The Morgan fingerprint density at radius 2 is 1.52 bits per heavy atom. The molecule has 0 heterocycles. The Labute approximate surface area is 180 Å². The van der Waals surface area contributed by atoms with E-state index in [-0.39, 0.29) is 11.7 Å². The molecule has 0 saturated heterocycles. The van der Waals surface area contributed by atoms with Crippen LogP contribution in [-0.4, -0.2) is 32.9 Å². The molecule has 0 aliphatic rings. The second-order valence-electron chi connectivity index (χ2n) is 7.24. The highest BCUT2D eigenvalue weighted by molar-refractivity contribution is 7.98. The number of amides is 1. The molecule has 1 amide bonds. The first kappa shape index (κ1) is 25.8. The summed E-state index contributed by atoms with van der Waals surface area (Å²) in [7, 11) is -4.00. The quantitative estimate of drug-likeness (QED) is 0.351. The minimum atomic E-state index is -4.00. The van der Waals surface area contributed by atoms with Gasteiger partial charge in [0, 0.05) is 13.0 Å². The van der Waals surface area contributed by atoms with E-state index >= 15 is 0 Å². The van der Waals surface area contributed by atoms with Crippen molar-refractivity contribution in [3.05, 3.63) is 29.8 Å². The number of hydrogen-bond acceptors (Lipinski definition) is 5. The predicted molar refractivity (Wildman–Crippen MR) is 121 cm³/mol. The lowest BCUT2D eigenvalue weighted by molar-refractivity contribution is -0.121. The van der Waals surface area contributed by atoms with Gasteiger partial charge in [0.05, 0.1) is 0 Å². The van der Waals surface area contributed by atoms with Gasteiger partial charge in [-0.2, -0.15) is 25.3 Å². The Morgan fingerprint density at radius 3 is 2.07 bits per heavy atom. The van der Waals surface area contributed by atoms with Crippen LogP contribution in [0.15, 0.2) is 24.3 Å². The van der Waals surface area contributed by atoms with E-state index in [0.29, 0.717) is 19.4 Å². The number of rotatable bonds is 17. The Bertz CT molecular complexity index is 664. The summed E-state index contributed by atoms with van der Waals surface area (Å²) in [6.45, 7) is 0.560. The zero-order valence-electron chi connectivity index (χ0n) is 17.5. The fourth-order valence-corrected chi connectivity index (χ4v) is 3.92. The summed E-state index contributed by atoms with van der Waals surface area (Å²) < 4.78 is 26.3. The Kier molecular flexibility index (Phi) is 13.8. The van der Waals surface area contributed by atoms with Gasteiger partial charge < -0.3 is 9.50 Å². The standard InChI is InChI=1S/C21H36N2O4S2/c1-28-18-10-8-6-4-2-3-5-7-9-11-21(24)23-17-16-19-12-14-20(15-13-19)27-29(22,25)26/h12-15H,2-11,16-18H2,1H3,(H,23,24)(H2,22,25,26). The van der Waals surface area contributed by atoms with E-state index in [9.17, 15) is 13.2 Å². The summed E-state index contributed by atoms with van der Waals surface area (Å²) in [5.74, 6) is 1.55. The molecular weight excluding hydrogens is 408 g/mol. The molecule has 0 aliphatic heterocycles. The third-order valence-corrected chi connectivity index (χ3v) is 5.75. The Hall–Kier alpha value is -1.25. The van der Waals surface area contributed by atoms with E-state index in [0.717, 1.165) is 18.4 Å². The molecule has 0 atom stereocenters. The minimum absolute atomic E-state index is 0.0907. The van der Waals surface area contributed by atoms with Crippen LogP contribution in [0.1, 0.15) is 69.8 Å². The number of carbonyl (C=O) groups excluding carboxylic acids is 1. The third kappa shape index (κ3) is 15.3. The number of nitrogens with one attached hydrogen (secondary N) is 1. The minimum Gasteiger partial charge on any atom is -0.371 e. The van der Waals surface area contributed by atoms with E-state index in [4.69, 9.17) is 5.14 Å². The van der Waals surface area contributed by atoms with Crippen LogP contribution in [0, 0.1) is 0 Å². The fourth-order valence-electron chi connectivity index (χ4n) is 3.05. The molecule has 0 unspecified atom stereocenters. The van der Waals surface area contributed by atoms with Crippen LogP contribution in [-0.2, 0) is 21.5 Å². The first-order valence-corrected chi connectivity index (χ1v) is 13.3. The van der Waals surface area contributed by atoms with E-state index in [1.165, 1.54) is 50.7 Å². The lowest BCUT2D eigenvalue weighted by Gasteiger charge is -2.07. The molecule has 0 aliphatic carbocycles. The number of benzene rings is 1. The average Bonchev–Trinajstić information content (AvgIpc) is 2.66. The second kappa shape index (κ2) is 15.6. The molecule has 0 aromatic heterocycles. The average molecular weight is 445 g/mol. The van der Waals surface area contributed by atoms with Crippen molar-refractivity contribution in [3.8, 4) is 5.75 Å². The molecule has 0 radical (unpaired) electrons. The predicted octanol–water partition coefficient (Wildman–Crippen LogP) is 4.19. The Morgan fingerprint density at radius 1 is 0.966 bits per heavy atom. The maximum absolute atomic E-state index is 11.9. The molecule has 3 N–H and O–H groups in total. The normalized spacial score (nSPS) is 11.4. The monoisotopic (exact) mass is 444 g/mol. The van der Waals surface area contributed by atoms with Crippen LogP contribution in [0.25, 0.3) is 0 Å². The molecule has 0 spiro atoms.